The smallest absolute Gasteiger partial charge is 1.00 e. The third kappa shape index (κ3) is 12.1. The van der Waals surface area contributed by atoms with Gasteiger partial charge in [0.05, 0.1) is 4.75 Å². The summed E-state index contributed by atoms with van der Waals surface area (Å²) in [6.07, 6.45) is 1.06. The largest absolute Gasteiger partial charge is 1.00 e. The zero-order valence-electron chi connectivity index (χ0n) is 9.94. The number of nitrogens with two attached hydrogens (primary N) is 1. The average Bonchev–Trinajstić information content (AvgIpc) is 1.84. The van der Waals surface area contributed by atoms with Crippen LogP contribution in [0.5, 0.6) is 0 Å². The molecule has 0 aromatic rings. The van der Waals surface area contributed by atoms with Gasteiger partial charge in [0.1, 0.15) is 0 Å². The maximum absolute atomic E-state index is 10.2. The number of amides is 1. The molecule has 0 spiro atoms. The van der Waals surface area contributed by atoms with Crippen LogP contribution >= 0.6 is 0 Å². The molecule has 0 aliphatic rings. The second-order valence-electron chi connectivity index (χ2n) is 3.19. The summed E-state index contributed by atoms with van der Waals surface area (Å²) < 4.78 is 27.7. The van der Waals surface area contributed by atoms with Crippen molar-refractivity contribution in [3.63, 3.8) is 0 Å². The van der Waals surface area contributed by atoms with E-state index in [1.807, 2.05) is 0 Å². The first-order valence-corrected chi connectivity index (χ1v) is 4.85. The Balaban J connectivity index is -0.0000000770. The molecule has 0 saturated carbocycles. The van der Waals surface area contributed by atoms with Crippen molar-refractivity contribution in [3.8, 4) is 0 Å². The van der Waals surface area contributed by atoms with Crippen molar-refractivity contribution >= 4 is 16.0 Å². The first kappa shape index (κ1) is 19.7. The summed E-state index contributed by atoms with van der Waals surface area (Å²) in [6.45, 7) is 7.38. The monoisotopic (exact) mass is 233 g/mol. The van der Waals surface area contributed by atoms with E-state index < -0.39 is 20.8 Å². The van der Waals surface area contributed by atoms with Crippen molar-refractivity contribution in [2.45, 2.75) is 25.5 Å². The third-order valence-corrected chi connectivity index (χ3v) is 2.52. The van der Waals surface area contributed by atoms with Crippen molar-refractivity contribution in [2.75, 3.05) is 0 Å². The van der Waals surface area contributed by atoms with Crippen LogP contribution in [0.25, 0.3) is 0 Å². The van der Waals surface area contributed by atoms with Crippen LogP contribution < -0.4 is 35.3 Å². The molecule has 0 unspecified atom stereocenters. The first-order chi connectivity index (χ1) is 5.52. The second kappa shape index (κ2) is 7.42. The number of carbonyl (C=O) groups excluding carboxylic acids is 1. The summed E-state index contributed by atoms with van der Waals surface area (Å²) in [5.74, 6) is -0.481. The van der Waals surface area contributed by atoms with Gasteiger partial charge in [0.25, 0.3) is 10.1 Å². The average molecular weight is 233 g/mol. The van der Waals surface area contributed by atoms with E-state index in [4.69, 9.17) is 4.55 Å². The molecule has 0 atom stereocenters. The summed E-state index contributed by atoms with van der Waals surface area (Å²) >= 11 is 0. The topological polar surface area (TPSA) is 97.5 Å². The van der Waals surface area contributed by atoms with Gasteiger partial charge in [-0.2, -0.15) is 8.42 Å². The van der Waals surface area contributed by atoms with Gasteiger partial charge < -0.3 is 7.16 Å². The molecule has 0 aromatic heterocycles. The van der Waals surface area contributed by atoms with Crippen molar-refractivity contribution in [1.82, 2.24) is 0 Å². The molecule has 0 saturated heterocycles. The Morgan fingerprint density at radius 1 is 1.50 bits per heavy atom. The molecule has 5 nitrogen and oxygen atoms in total. The predicted molar refractivity (Wildman–Crippen MR) is 51.8 cm³/mol. The molecule has 0 fully saturated rings. The Kier molecular flexibility index (Phi) is 10.4. The van der Waals surface area contributed by atoms with Crippen LogP contribution in [0.15, 0.2) is 12.7 Å². The molecular weight excluding hydrogens is 217 g/mol. The molecule has 0 radical (unpaired) electrons. The fraction of sp³-hybridized carbons (Fsp3) is 0.571. The Hall–Kier alpha value is 0.120. The van der Waals surface area contributed by atoms with E-state index in [0.29, 0.717) is 0 Å². The molecule has 1 amide bonds. The van der Waals surface area contributed by atoms with E-state index in [0.717, 1.165) is 6.08 Å². The van der Waals surface area contributed by atoms with Crippen LogP contribution in [0.4, 0.5) is 0 Å². The summed E-state index contributed by atoms with van der Waals surface area (Å²) in [7, 11) is -3.84. The van der Waals surface area contributed by atoms with E-state index in [9.17, 15) is 13.2 Å². The van der Waals surface area contributed by atoms with Crippen LogP contribution in [-0.2, 0) is 14.9 Å². The molecule has 80 valence electrons. The number of primary amides is 1. The van der Waals surface area contributed by atoms with Crippen molar-refractivity contribution in [3.05, 3.63) is 12.7 Å². The summed E-state index contributed by atoms with van der Waals surface area (Å²) in [4.78, 5) is 9.47. The molecule has 0 rings (SSSR count). The van der Waals surface area contributed by atoms with Gasteiger partial charge in [-0.05, 0) is 26.8 Å². The number of hydrogen-bond donors (Lipinski definition) is 2. The minimum atomic E-state index is -3.84. The van der Waals surface area contributed by atoms with Crippen LogP contribution in [0.1, 0.15) is 22.2 Å². The number of hydrogen-bond acceptors (Lipinski definition) is 3. The van der Waals surface area contributed by atoms with Gasteiger partial charge in [-0.15, -0.1) is 0 Å². The van der Waals surface area contributed by atoms with E-state index in [2.05, 4.69) is 12.3 Å². The van der Waals surface area contributed by atoms with Crippen LogP contribution in [0.2, 0.25) is 0 Å². The molecule has 14 heavy (non-hydrogen) atoms. The molecule has 0 aliphatic heterocycles. The zero-order valence-corrected chi connectivity index (χ0v) is 11.8. The van der Waals surface area contributed by atoms with Gasteiger partial charge in [-0.1, -0.05) is 6.58 Å². The SMILES string of the molecule is C=CC(N)=O.CC(C)(C)S(=O)(=O)O.[H-].[Na+]. The molecule has 0 aliphatic carbocycles. The first-order valence-electron chi connectivity index (χ1n) is 3.41. The third-order valence-electron chi connectivity index (χ3n) is 0.975. The number of rotatable bonds is 1. The molecule has 0 heterocycles. The van der Waals surface area contributed by atoms with E-state index >= 15 is 0 Å². The zero-order chi connectivity index (χ0) is 11.3. The van der Waals surface area contributed by atoms with Crippen molar-refractivity contribution in [1.29, 1.82) is 0 Å². The normalized spacial score (nSPS) is 10.3. The maximum atomic E-state index is 10.2. The quantitative estimate of drug-likeness (QED) is 0.296. The molecular formula is C7H16NNaO4S. The second-order valence-corrected chi connectivity index (χ2v) is 5.37. The molecule has 0 bridgehead atoms. The Morgan fingerprint density at radius 3 is 1.64 bits per heavy atom. The summed E-state index contributed by atoms with van der Waals surface area (Å²) in [5, 5.41) is 0. The summed E-state index contributed by atoms with van der Waals surface area (Å²) in [6, 6.07) is 0. The van der Waals surface area contributed by atoms with E-state index in [1.54, 1.807) is 0 Å². The van der Waals surface area contributed by atoms with Crippen LogP contribution in [0, 0.1) is 0 Å². The minimum absolute atomic E-state index is 0. The fourth-order valence-electron chi connectivity index (χ4n) is 0. The van der Waals surface area contributed by atoms with Crippen LogP contribution in [0.3, 0.4) is 0 Å². The Labute approximate surface area is 108 Å². The minimum Gasteiger partial charge on any atom is -1.00 e. The van der Waals surface area contributed by atoms with E-state index in [1.165, 1.54) is 20.8 Å². The molecule has 3 N–H and O–H groups in total. The van der Waals surface area contributed by atoms with E-state index in [-0.39, 0.29) is 31.0 Å². The Morgan fingerprint density at radius 2 is 1.64 bits per heavy atom. The van der Waals surface area contributed by atoms with Gasteiger partial charge in [-0.3, -0.25) is 9.35 Å². The van der Waals surface area contributed by atoms with Gasteiger partial charge in [0, 0.05) is 0 Å². The maximum Gasteiger partial charge on any atom is 1.00 e. The van der Waals surface area contributed by atoms with Crippen molar-refractivity contribution in [2.24, 2.45) is 5.73 Å². The fourth-order valence-corrected chi connectivity index (χ4v) is 0. The van der Waals surface area contributed by atoms with Crippen LogP contribution in [-0.4, -0.2) is 23.6 Å². The predicted octanol–water partition coefficient (Wildman–Crippen LogP) is -2.55. The van der Waals surface area contributed by atoms with Gasteiger partial charge in [0.15, 0.2) is 0 Å². The van der Waals surface area contributed by atoms with Crippen molar-refractivity contribution < 1.29 is 48.7 Å². The number of carbonyl (C=O) groups is 1. The van der Waals surface area contributed by atoms with Gasteiger partial charge in [-0.25, -0.2) is 0 Å². The summed E-state index contributed by atoms with van der Waals surface area (Å²) in [5.41, 5.74) is 4.53. The molecule has 7 heteroatoms. The van der Waals surface area contributed by atoms with Gasteiger partial charge >= 0.3 is 29.6 Å². The Bertz CT molecular complexity index is 284. The van der Waals surface area contributed by atoms with Gasteiger partial charge in [0.2, 0.25) is 5.91 Å². The molecule has 0 aromatic carbocycles. The standard InChI is InChI=1S/C4H10O3S.C3H5NO.Na.H/c1-4(2,3)8(5,6)7;1-2-3(4)5;;/h1-3H3,(H,5,6,7);2H,1H2,(H2,4,5);;/q;;+1;-1.